The molecule has 0 saturated heterocycles. The van der Waals surface area contributed by atoms with Gasteiger partial charge in [0.05, 0.1) is 5.56 Å². The number of allylic oxidation sites excluding steroid dienone is 1. The molecule has 1 atom stereocenters. The zero-order chi connectivity index (χ0) is 18.3. The van der Waals surface area contributed by atoms with Crippen LogP contribution in [0.4, 0.5) is 5.69 Å². The summed E-state index contributed by atoms with van der Waals surface area (Å²) in [7, 11) is 0. The smallest absolute Gasteiger partial charge is 0.336 e. The fourth-order valence-electron chi connectivity index (χ4n) is 3.21. The average Bonchev–Trinajstić information content (AvgIpc) is 2.65. The molecule has 1 aliphatic heterocycles. The van der Waals surface area contributed by atoms with Crippen LogP contribution in [0.25, 0.3) is 5.57 Å². The Labute approximate surface area is 148 Å². The summed E-state index contributed by atoms with van der Waals surface area (Å²) in [6.45, 7) is 0. The van der Waals surface area contributed by atoms with Gasteiger partial charge in [-0.05, 0) is 29.8 Å². The van der Waals surface area contributed by atoms with E-state index in [1.807, 2.05) is 0 Å². The van der Waals surface area contributed by atoms with Crippen molar-refractivity contribution in [1.29, 1.82) is 0 Å². The number of ether oxygens (including phenoxy) is 1. The van der Waals surface area contributed by atoms with E-state index in [2.05, 4.69) is 5.18 Å². The number of benzene rings is 2. The second-order valence-electron chi connectivity index (χ2n) is 5.98. The summed E-state index contributed by atoms with van der Waals surface area (Å²) in [5.41, 5.74) is 9.31. The average molecular weight is 346 g/mol. The number of carboxylic acid groups (broad SMARTS) is 1. The largest absolute Gasteiger partial charge is 0.478 e. The van der Waals surface area contributed by atoms with Crippen LogP contribution in [0.5, 0.6) is 5.75 Å². The minimum atomic E-state index is -1.02. The Hall–Kier alpha value is -3.67. The summed E-state index contributed by atoms with van der Waals surface area (Å²) in [5, 5.41) is 12.6. The summed E-state index contributed by atoms with van der Waals surface area (Å²) in [5.74, 6) is -0.0459. The number of nitrogens with two attached hydrogens (primary N) is 1. The summed E-state index contributed by atoms with van der Waals surface area (Å²) in [6, 6.07) is 11.4. The molecule has 26 heavy (non-hydrogen) atoms. The molecule has 128 valence electrons. The third-order valence-corrected chi connectivity index (χ3v) is 4.36. The van der Waals surface area contributed by atoms with Crippen LogP contribution in [0.15, 0.2) is 77.2 Å². The fourth-order valence-corrected chi connectivity index (χ4v) is 3.21. The monoisotopic (exact) mass is 346 g/mol. The second kappa shape index (κ2) is 6.00. The van der Waals surface area contributed by atoms with Gasteiger partial charge < -0.3 is 15.6 Å². The molecule has 6 heteroatoms. The van der Waals surface area contributed by atoms with Crippen molar-refractivity contribution in [2.24, 2.45) is 5.18 Å². The molecule has 1 heterocycles. The Bertz CT molecular complexity index is 1030. The van der Waals surface area contributed by atoms with Crippen molar-refractivity contribution in [3.05, 3.63) is 93.6 Å². The molecule has 0 spiro atoms. The van der Waals surface area contributed by atoms with Crippen molar-refractivity contribution in [2.75, 3.05) is 5.73 Å². The molecular formula is C20H14N2O4. The molecule has 0 saturated carbocycles. The van der Waals surface area contributed by atoms with E-state index in [-0.39, 0.29) is 5.56 Å². The molecule has 6 nitrogen and oxygen atoms in total. The van der Waals surface area contributed by atoms with Gasteiger partial charge in [-0.15, -0.1) is 4.91 Å². The lowest BCUT2D eigenvalue weighted by Crippen LogP contribution is -2.16. The number of nitroso groups, excluding NO2 is 1. The number of carbonyl (C=O) groups is 1. The fraction of sp³-hybridized carbons (Fsp3) is 0.0500. The summed E-state index contributed by atoms with van der Waals surface area (Å²) < 4.78 is 5.93. The lowest BCUT2D eigenvalue weighted by molar-refractivity contribution is 0.0696. The Kier molecular flexibility index (Phi) is 3.65. The molecule has 3 N–H and O–H groups in total. The van der Waals surface area contributed by atoms with Gasteiger partial charge in [-0.3, -0.25) is 0 Å². The third-order valence-electron chi connectivity index (χ3n) is 4.36. The van der Waals surface area contributed by atoms with Gasteiger partial charge in [-0.2, -0.15) is 0 Å². The predicted molar refractivity (Wildman–Crippen MR) is 97.7 cm³/mol. The molecule has 2 aromatic rings. The van der Waals surface area contributed by atoms with Gasteiger partial charge in [0.1, 0.15) is 17.6 Å². The van der Waals surface area contributed by atoms with Crippen molar-refractivity contribution in [2.45, 2.75) is 6.04 Å². The van der Waals surface area contributed by atoms with Crippen molar-refractivity contribution in [3.8, 4) is 5.75 Å². The molecular weight excluding hydrogens is 332 g/mol. The molecule has 1 unspecified atom stereocenters. The van der Waals surface area contributed by atoms with Gasteiger partial charge in [0, 0.05) is 28.5 Å². The van der Waals surface area contributed by atoms with Gasteiger partial charge in [0.25, 0.3) is 0 Å². The molecule has 2 aromatic carbocycles. The van der Waals surface area contributed by atoms with Gasteiger partial charge >= 0.3 is 5.97 Å². The molecule has 0 amide bonds. The van der Waals surface area contributed by atoms with Crippen LogP contribution in [0.1, 0.15) is 21.5 Å². The number of aromatic carboxylic acids is 1. The van der Waals surface area contributed by atoms with Crippen molar-refractivity contribution in [3.63, 3.8) is 0 Å². The number of hydrogen-bond acceptors (Lipinski definition) is 5. The zero-order valence-corrected chi connectivity index (χ0v) is 13.5. The Balaban J connectivity index is 2.04. The van der Waals surface area contributed by atoms with Crippen LogP contribution in [0.3, 0.4) is 0 Å². The summed E-state index contributed by atoms with van der Waals surface area (Å²) in [4.78, 5) is 22.6. The highest BCUT2D eigenvalue weighted by Gasteiger charge is 2.29. The van der Waals surface area contributed by atoms with E-state index in [0.29, 0.717) is 28.3 Å². The van der Waals surface area contributed by atoms with E-state index < -0.39 is 12.0 Å². The molecule has 0 bridgehead atoms. The first-order valence-electron chi connectivity index (χ1n) is 7.96. The lowest BCUT2D eigenvalue weighted by atomic mass is 9.85. The van der Waals surface area contributed by atoms with Crippen LogP contribution in [-0.4, -0.2) is 17.1 Å². The highest BCUT2D eigenvalue weighted by molar-refractivity contribution is 6.00. The van der Waals surface area contributed by atoms with E-state index >= 15 is 0 Å². The van der Waals surface area contributed by atoms with E-state index in [9.17, 15) is 14.8 Å². The van der Waals surface area contributed by atoms with Crippen molar-refractivity contribution >= 4 is 17.2 Å². The van der Waals surface area contributed by atoms with Crippen LogP contribution in [-0.2, 0) is 0 Å². The number of hydrogen-bond donors (Lipinski definition) is 2. The van der Waals surface area contributed by atoms with Crippen molar-refractivity contribution < 1.29 is 14.6 Å². The first-order valence-corrected chi connectivity index (χ1v) is 7.96. The van der Waals surface area contributed by atoms with E-state index in [1.165, 1.54) is 0 Å². The third kappa shape index (κ3) is 2.48. The first kappa shape index (κ1) is 15.8. The topological polar surface area (TPSA) is 102 Å². The van der Waals surface area contributed by atoms with Crippen LogP contribution < -0.4 is 10.5 Å². The molecule has 1 aliphatic carbocycles. The maximum Gasteiger partial charge on any atom is 0.336 e. The predicted octanol–water partition coefficient (Wildman–Crippen LogP) is 3.75. The minimum absolute atomic E-state index is 0.183. The second-order valence-corrected chi connectivity index (χ2v) is 5.98. The Morgan fingerprint density at radius 1 is 1.15 bits per heavy atom. The number of fused-ring (bicyclic) bond motifs is 2. The molecule has 0 aromatic heterocycles. The summed E-state index contributed by atoms with van der Waals surface area (Å²) in [6.07, 6.45) is 5.01. The van der Waals surface area contributed by atoms with Crippen molar-refractivity contribution in [1.82, 2.24) is 0 Å². The number of carboxylic acids is 1. The van der Waals surface area contributed by atoms with Crippen LogP contribution >= 0.6 is 0 Å². The highest BCUT2D eigenvalue weighted by atomic mass is 16.5. The van der Waals surface area contributed by atoms with Gasteiger partial charge in [-0.1, -0.05) is 35.5 Å². The zero-order valence-electron chi connectivity index (χ0n) is 13.5. The number of nitrogen functional groups attached to an aromatic ring is 1. The van der Waals surface area contributed by atoms with E-state index in [4.69, 9.17) is 10.5 Å². The summed E-state index contributed by atoms with van der Waals surface area (Å²) >= 11 is 0. The Morgan fingerprint density at radius 3 is 2.73 bits per heavy atom. The van der Waals surface area contributed by atoms with Gasteiger partial charge in [0.2, 0.25) is 0 Å². The van der Waals surface area contributed by atoms with Gasteiger partial charge in [0.15, 0.2) is 0 Å². The number of anilines is 1. The minimum Gasteiger partial charge on any atom is -0.478 e. The maximum atomic E-state index is 11.7. The quantitative estimate of drug-likeness (QED) is 0.651. The Morgan fingerprint density at radius 2 is 1.96 bits per heavy atom. The van der Waals surface area contributed by atoms with E-state index in [1.54, 1.807) is 60.7 Å². The SMILES string of the molecule is Nc1ccc2c(c1)OC1=CC(N=O)C=CC1=C2c1ccccc1C(=O)O. The van der Waals surface area contributed by atoms with Crippen LogP contribution in [0, 0.1) is 4.91 Å². The molecule has 0 radical (unpaired) electrons. The first-order chi connectivity index (χ1) is 12.6. The molecule has 0 fully saturated rings. The number of rotatable bonds is 3. The molecule has 2 aliphatic rings. The highest BCUT2D eigenvalue weighted by Crippen LogP contribution is 2.44. The van der Waals surface area contributed by atoms with E-state index in [0.717, 1.165) is 11.1 Å². The van der Waals surface area contributed by atoms with Crippen LogP contribution in [0.2, 0.25) is 0 Å². The maximum absolute atomic E-state index is 11.7. The lowest BCUT2D eigenvalue weighted by Gasteiger charge is -2.28. The normalized spacial score (nSPS) is 17.7. The standard InChI is InChI=1S/C20H14N2O4/c21-11-5-7-15-17(9-11)26-18-10-12(22-25)6-8-16(18)19(15)13-3-1-2-4-14(13)20(23)24/h1-10,12H,21H2,(H,23,24). The van der Waals surface area contributed by atoms with Gasteiger partial charge in [-0.25, -0.2) is 4.79 Å². The molecule has 4 rings (SSSR count). The number of nitrogens with zero attached hydrogens (tertiary/aromatic N) is 1.